The molecular formula is C21H18F6N8O3. The number of nitrogens with one attached hydrogen (secondary N) is 1. The van der Waals surface area contributed by atoms with E-state index in [1.54, 1.807) is 0 Å². The van der Waals surface area contributed by atoms with Gasteiger partial charge < -0.3 is 20.9 Å². The SMILES string of the molecule is COc1ncc(-c2cc(C(F)(F)F)c3c(N)ncnn23)cc1C(=O)Nc1cnn(CC(C)(O)C(F)(F)F)c1. The zero-order valence-electron chi connectivity index (χ0n) is 19.5. The molecule has 0 radical (unpaired) electrons. The fourth-order valence-corrected chi connectivity index (χ4v) is 3.53. The Balaban J connectivity index is 1.68. The molecule has 4 aromatic rings. The van der Waals surface area contributed by atoms with Crippen molar-refractivity contribution >= 4 is 22.9 Å². The molecule has 0 saturated carbocycles. The van der Waals surface area contributed by atoms with Gasteiger partial charge in [0.25, 0.3) is 5.91 Å². The highest BCUT2D eigenvalue weighted by atomic mass is 19.4. The molecule has 11 nitrogen and oxygen atoms in total. The van der Waals surface area contributed by atoms with Crippen molar-refractivity contribution < 1.29 is 41.0 Å². The summed E-state index contributed by atoms with van der Waals surface area (Å²) in [6, 6.07) is 1.97. The third-order valence-corrected chi connectivity index (χ3v) is 5.44. The number of alkyl halides is 6. The maximum atomic E-state index is 13.7. The Morgan fingerprint density at radius 3 is 2.47 bits per heavy atom. The predicted molar refractivity (Wildman–Crippen MR) is 119 cm³/mol. The van der Waals surface area contributed by atoms with Crippen molar-refractivity contribution in [1.82, 2.24) is 29.4 Å². The first-order chi connectivity index (χ1) is 17.6. The second-order valence-electron chi connectivity index (χ2n) is 8.28. The minimum absolute atomic E-state index is 0.0339. The van der Waals surface area contributed by atoms with Crippen LogP contribution in [0.1, 0.15) is 22.8 Å². The van der Waals surface area contributed by atoms with Gasteiger partial charge >= 0.3 is 12.4 Å². The van der Waals surface area contributed by atoms with E-state index < -0.39 is 47.3 Å². The Labute approximate surface area is 208 Å². The fraction of sp³-hybridized carbons (Fsp3) is 0.286. The third kappa shape index (κ3) is 4.91. The molecule has 4 heterocycles. The van der Waals surface area contributed by atoms with Gasteiger partial charge in [0.05, 0.1) is 36.8 Å². The van der Waals surface area contributed by atoms with E-state index in [4.69, 9.17) is 10.5 Å². The average Bonchev–Trinajstić information content (AvgIpc) is 3.42. The van der Waals surface area contributed by atoms with Crippen LogP contribution in [0.4, 0.5) is 37.8 Å². The molecule has 0 saturated heterocycles. The Morgan fingerprint density at radius 2 is 1.84 bits per heavy atom. The number of pyridine rings is 1. The van der Waals surface area contributed by atoms with Crippen molar-refractivity contribution in [2.45, 2.75) is 31.4 Å². The molecule has 0 aliphatic rings. The molecule has 0 spiro atoms. The maximum Gasteiger partial charge on any atom is 0.418 e. The van der Waals surface area contributed by atoms with Crippen LogP contribution in [0, 0.1) is 0 Å². The van der Waals surface area contributed by atoms with E-state index in [-0.39, 0.29) is 28.4 Å². The van der Waals surface area contributed by atoms with Crippen molar-refractivity contribution in [3.8, 4) is 17.1 Å². The maximum absolute atomic E-state index is 13.7. The number of nitrogens with two attached hydrogens (primary N) is 1. The number of aromatic nitrogens is 6. The van der Waals surface area contributed by atoms with Gasteiger partial charge in [0.15, 0.2) is 11.4 Å². The first kappa shape index (κ1) is 26.6. The average molecular weight is 544 g/mol. The number of fused-ring (bicyclic) bond motifs is 1. The Bertz CT molecular complexity index is 1510. The van der Waals surface area contributed by atoms with E-state index >= 15 is 0 Å². The lowest BCUT2D eigenvalue weighted by Crippen LogP contribution is -2.45. The van der Waals surface area contributed by atoms with E-state index in [0.717, 1.165) is 40.2 Å². The van der Waals surface area contributed by atoms with Crippen molar-refractivity contribution in [3.05, 3.63) is 48.2 Å². The van der Waals surface area contributed by atoms with Crippen LogP contribution in [0.15, 0.2) is 37.1 Å². The Morgan fingerprint density at radius 1 is 1.13 bits per heavy atom. The fourth-order valence-electron chi connectivity index (χ4n) is 3.53. The first-order valence-corrected chi connectivity index (χ1v) is 10.5. The van der Waals surface area contributed by atoms with Crippen LogP contribution in [-0.4, -0.2) is 59.3 Å². The van der Waals surface area contributed by atoms with Gasteiger partial charge in [-0.05, 0) is 19.1 Å². The molecule has 1 unspecified atom stereocenters. The lowest BCUT2D eigenvalue weighted by Gasteiger charge is -2.25. The van der Waals surface area contributed by atoms with Gasteiger partial charge in [0.2, 0.25) is 5.88 Å². The lowest BCUT2D eigenvalue weighted by molar-refractivity contribution is -0.258. The summed E-state index contributed by atoms with van der Waals surface area (Å²) in [7, 11) is 1.21. The second kappa shape index (κ2) is 9.16. The summed E-state index contributed by atoms with van der Waals surface area (Å²) < 4.78 is 86.6. The van der Waals surface area contributed by atoms with Crippen LogP contribution < -0.4 is 15.8 Å². The topological polar surface area (TPSA) is 145 Å². The zero-order valence-corrected chi connectivity index (χ0v) is 19.5. The number of rotatable bonds is 6. The van der Waals surface area contributed by atoms with Crippen molar-refractivity contribution in [2.24, 2.45) is 0 Å². The molecule has 4 aromatic heterocycles. The number of aliphatic hydroxyl groups is 1. The first-order valence-electron chi connectivity index (χ1n) is 10.5. The number of ether oxygens (including phenoxy) is 1. The molecule has 0 bridgehead atoms. The van der Waals surface area contributed by atoms with Crippen molar-refractivity contribution in [1.29, 1.82) is 0 Å². The molecule has 4 N–H and O–H groups in total. The summed E-state index contributed by atoms with van der Waals surface area (Å²) in [6.07, 6.45) is -5.50. The van der Waals surface area contributed by atoms with E-state index in [1.165, 1.54) is 13.2 Å². The monoisotopic (exact) mass is 544 g/mol. The van der Waals surface area contributed by atoms with Gasteiger partial charge in [-0.15, -0.1) is 0 Å². The summed E-state index contributed by atoms with van der Waals surface area (Å²) in [4.78, 5) is 20.6. The summed E-state index contributed by atoms with van der Waals surface area (Å²) in [5.41, 5.74) is 0.676. The minimum Gasteiger partial charge on any atom is -0.480 e. The molecule has 202 valence electrons. The highest BCUT2D eigenvalue weighted by molar-refractivity contribution is 6.06. The third-order valence-electron chi connectivity index (χ3n) is 5.44. The van der Waals surface area contributed by atoms with Crippen LogP contribution in [0.5, 0.6) is 5.88 Å². The van der Waals surface area contributed by atoms with Crippen LogP contribution in [0.25, 0.3) is 16.8 Å². The summed E-state index contributed by atoms with van der Waals surface area (Å²) in [6.45, 7) is -0.371. The number of methoxy groups -OCH3 is 1. The number of anilines is 2. The number of amides is 1. The molecule has 0 aliphatic carbocycles. The minimum atomic E-state index is -4.92. The lowest BCUT2D eigenvalue weighted by atomic mass is 10.1. The van der Waals surface area contributed by atoms with Gasteiger partial charge in [-0.2, -0.15) is 36.5 Å². The second-order valence-corrected chi connectivity index (χ2v) is 8.28. The van der Waals surface area contributed by atoms with Gasteiger partial charge in [-0.25, -0.2) is 14.5 Å². The van der Waals surface area contributed by atoms with Crippen LogP contribution >= 0.6 is 0 Å². The molecule has 4 rings (SSSR count). The number of halogens is 6. The van der Waals surface area contributed by atoms with Gasteiger partial charge in [-0.1, -0.05) is 0 Å². The number of hydrogen-bond acceptors (Lipinski definition) is 8. The predicted octanol–water partition coefficient (Wildman–Crippen LogP) is 3.16. The van der Waals surface area contributed by atoms with Crippen molar-refractivity contribution in [3.63, 3.8) is 0 Å². The van der Waals surface area contributed by atoms with Crippen LogP contribution in [0.3, 0.4) is 0 Å². The summed E-state index contributed by atoms with van der Waals surface area (Å²) in [5.74, 6) is -1.46. The number of carbonyl (C=O) groups excluding carboxylic acids is 1. The standard InChI is InChI=1S/C21H18F6N8O3/c1-19(37,21(25,26)27)8-34-7-11(6-31-34)33-17(36)12-3-10(5-29-18(12)38-2)14-4-13(20(22,23)24)15-16(28)30-9-32-35(14)15/h3-7,9,37H,8H2,1-2H3,(H,33,36)(H2,28,30,32). The molecule has 17 heteroatoms. The van der Waals surface area contributed by atoms with Crippen molar-refractivity contribution in [2.75, 3.05) is 18.2 Å². The van der Waals surface area contributed by atoms with Gasteiger partial charge in [-0.3, -0.25) is 9.48 Å². The number of nitrogens with zero attached hydrogens (tertiary/aromatic N) is 6. The molecule has 1 amide bonds. The largest absolute Gasteiger partial charge is 0.480 e. The molecule has 0 aliphatic heterocycles. The molecule has 1 atom stereocenters. The van der Waals surface area contributed by atoms with Crippen LogP contribution in [0.2, 0.25) is 0 Å². The van der Waals surface area contributed by atoms with E-state index in [2.05, 4.69) is 25.5 Å². The summed E-state index contributed by atoms with van der Waals surface area (Å²) >= 11 is 0. The highest BCUT2D eigenvalue weighted by Gasteiger charge is 2.50. The smallest absolute Gasteiger partial charge is 0.418 e. The number of nitrogen functional groups attached to an aromatic ring is 1. The normalized spacial score (nSPS) is 13.9. The molecule has 0 fully saturated rings. The van der Waals surface area contributed by atoms with E-state index in [0.29, 0.717) is 6.92 Å². The van der Waals surface area contributed by atoms with E-state index in [9.17, 15) is 36.2 Å². The Hall–Kier alpha value is -4.41. The quantitative estimate of drug-likeness (QED) is 0.314. The molecule has 38 heavy (non-hydrogen) atoms. The zero-order chi connectivity index (χ0) is 28.0. The van der Waals surface area contributed by atoms with Gasteiger partial charge in [0.1, 0.15) is 17.4 Å². The number of carbonyl (C=O) groups is 1. The van der Waals surface area contributed by atoms with Gasteiger partial charge in [0, 0.05) is 18.0 Å². The van der Waals surface area contributed by atoms with Crippen LogP contribution in [-0.2, 0) is 12.7 Å². The molecule has 0 aromatic carbocycles. The highest BCUT2D eigenvalue weighted by Crippen LogP contribution is 2.39. The van der Waals surface area contributed by atoms with E-state index in [1.807, 2.05) is 0 Å². The molecular weight excluding hydrogens is 526 g/mol. The number of hydrogen-bond donors (Lipinski definition) is 3. The Kier molecular flexibility index (Phi) is 6.42. The summed E-state index contributed by atoms with van der Waals surface area (Å²) in [5, 5.41) is 19.6.